The van der Waals surface area contributed by atoms with Crippen molar-refractivity contribution in [1.29, 1.82) is 0 Å². The van der Waals surface area contributed by atoms with Crippen molar-refractivity contribution in [3.05, 3.63) is 70.3 Å². The maximum Gasteiger partial charge on any atom is 0.291 e. The van der Waals surface area contributed by atoms with E-state index in [1.165, 1.54) is 0 Å². The Morgan fingerprint density at radius 1 is 1.36 bits per heavy atom. The first-order chi connectivity index (χ1) is 12.0. The second-order valence-corrected chi connectivity index (χ2v) is 7.84. The van der Waals surface area contributed by atoms with E-state index in [2.05, 4.69) is 26.3 Å². The van der Waals surface area contributed by atoms with Crippen molar-refractivity contribution < 1.29 is 13.4 Å². The summed E-state index contributed by atoms with van der Waals surface area (Å²) in [5.41, 5.74) is 1.55. The van der Waals surface area contributed by atoms with E-state index in [-0.39, 0.29) is 11.7 Å². The van der Waals surface area contributed by atoms with Gasteiger partial charge >= 0.3 is 0 Å². The van der Waals surface area contributed by atoms with Gasteiger partial charge in [-0.05, 0) is 45.8 Å². The molecule has 1 atom stereocenters. The lowest BCUT2D eigenvalue weighted by Gasteiger charge is -2.05. The minimum Gasteiger partial charge on any atom is -0.454 e. The number of carbonyl (C=O) groups is 1. The number of nitrogens with one attached hydrogen (secondary N) is 1. The highest BCUT2D eigenvalue weighted by Gasteiger charge is 2.12. The molecule has 3 rings (SSSR count). The van der Waals surface area contributed by atoms with Gasteiger partial charge in [-0.1, -0.05) is 12.1 Å². The van der Waals surface area contributed by atoms with E-state index < -0.39 is 10.8 Å². The second-order valence-electron chi connectivity index (χ2n) is 5.49. The molecule has 1 amide bonds. The van der Waals surface area contributed by atoms with Crippen molar-refractivity contribution in [3.8, 4) is 0 Å². The molecule has 0 aliphatic heterocycles. The molecule has 0 spiro atoms. The zero-order valence-corrected chi connectivity index (χ0v) is 15.8. The molecule has 0 radical (unpaired) electrons. The monoisotopic (exact) mass is 421 g/mol. The number of hydrogen-bond donors (Lipinski definition) is 1. The van der Waals surface area contributed by atoms with Gasteiger partial charge in [0.1, 0.15) is 5.76 Å². The molecule has 3 aromatic rings. The highest BCUT2D eigenvalue weighted by Crippen LogP contribution is 2.16. The van der Waals surface area contributed by atoms with Gasteiger partial charge < -0.3 is 9.73 Å². The van der Waals surface area contributed by atoms with Crippen LogP contribution in [-0.4, -0.2) is 26.2 Å². The molecule has 1 N–H and O–H groups in total. The van der Waals surface area contributed by atoms with Crippen molar-refractivity contribution >= 4 is 38.3 Å². The molecule has 0 saturated heterocycles. The van der Waals surface area contributed by atoms with E-state index in [0.29, 0.717) is 23.7 Å². The molecule has 6 nitrogen and oxygen atoms in total. The molecule has 2 aromatic heterocycles. The molecular weight excluding hydrogens is 406 g/mol. The molecule has 130 valence electrons. The highest BCUT2D eigenvalue weighted by molar-refractivity contribution is 9.10. The predicted molar refractivity (Wildman–Crippen MR) is 99.9 cm³/mol. The van der Waals surface area contributed by atoms with Crippen LogP contribution in [0.25, 0.3) is 0 Å². The van der Waals surface area contributed by atoms with Crippen molar-refractivity contribution in [2.24, 2.45) is 0 Å². The largest absolute Gasteiger partial charge is 0.454 e. The molecule has 8 heteroatoms. The number of carbonyl (C=O) groups excluding carboxylic acids is 1. The highest BCUT2D eigenvalue weighted by atomic mass is 79.9. The summed E-state index contributed by atoms with van der Waals surface area (Å²) in [4.78, 5) is 12.3. The number of anilines is 1. The summed E-state index contributed by atoms with van der Waals surface area (Å²) < 4.78 is 19.5. The summed E-state index contributed by atoms with van der Waals surface area (Å²) >= 11 is 3.33. The summed E-state index contributed by atoms with van der Waals surface area (Å²) in [5, 5.41) is 6.94. The summed E-state index contributed by atoms with van der Waals surface area (Å²) in [7, 11) is -0.931. The lowest BCUT2D eigenvalue weighted by molar-refractivity contribution is 0.0994. The van der Waals surface area contributed by atoms with Gasteiger partial charge in [0, 0.05) is 34.7 Å². The van der Waals surface area contributed by atoms with Gasteiger partial charge in [-0.3, -0.25) is 13.7 Å². The van der Waals surface area contributed by atoms with Crippen LogP contribution >= 0.6 is 15.9 Å². The Balaban J connectivity index is 1.66. The van der Waals surface area contributed by atoms with Crippen LogP contribution < -0.4 is 5.32 Å². The van der Waals surface area contributed by atoms with E-state index in [1.54, 1.807) is 35.3 Å². The summed E-state index contributed by atoms with van der Waals surface area (Å²) in [6, 6.07) is 10.7. The van der Waals surface area contributed by atoms with Gasteiger partial charge in [0.15, 0.2) is 5.76 Å². The van der Waals surface area contributed by atoms with Crippen LogP contribution in [0.15, 0.2) is 57.7 Å². The first kappa shape index (κ1) is 17.6. The Kier molecular flexibility index (Phi) is 5.50. The third kappa shape index (κ3) is 4.90. The Morgan fingerprint density at radius 2 is 2.20 bits per heavy atom. The van der Waals surface area contributed by atoms with Gasteiger partial charge in [-0.2, -0.15) is 5.10 Å². The number of rotatable bonds is 6. The summed E-state index contributed by atoms with van der Waals surface area (Å²) in [6.07, 6.45) is 5.16. The number of aromatic nitrogens is 2. The first-order valence-corrected chi connectivity index (χ1v) is 9.98. The molecular formula is C17H16BrN3O3S. The molecule has 1 aromatic carbocycles. The Labute approximate surface area is 155 Å². The zero-order chi connectivity index (χ0) is 17.8. The smallest absolute Gasteiger partial charge is 0.291 e. The normalized spacial score (nSPS) is 12.1. The van der Waals surface area contributed by atoms with E-state index in [4.69, 9.17) is 4.42 Å². The maximum atomic E-state index is 12.3. The lowest BCUT2D eigenvalue weighted by atomic mass is 10.2. The number of hydrogen-bond acceptors (Lipinski definition) is 4. The Morgan fingerprint density at radius 3 is 2.92 bits per heavy atom. The van der Waals surface area contributed by atoms with Crippen molar-refractivity contribution in [3.63, 3.8) is 0 Å². The molecule has 2 heterocycles. The van der Waals surface area contributed by atoms with Crippen LogP contribution in [0, 0.1) is 0 Å². The van der Waals surface area contributed by atoms with E-state index >= 15 is 0 Å². The topological polar surface area (TPSA) is 77.1 Å². The predicted octanol–water partition coefficient (Wildman–Crippen LogP) is 3.42. The quantitative estimate of drug-likeness (QED) is 0.661. The van der Waals surface area contributed by atoms with Crippen molar-refractivity contribution in [1.82, 2.24) is 9.78 Å². The van der Waals surface area contributed by atoms with Gasteiger partial charge in [-0.15, -0.1) is 0 Å². The van der Waals surface area contributed by atoms with Gasteiger partial charge in [-0.25, -0.2) is 0 Å². The molecule has 25 heavy (non-hydrogen) atoms. The first-order valence-electron chi connectivity index (χ1n) is 7.46. The van der Waals surface area contributed by atoms with E-state index in [1.807, 2.05) is 24.4 Å². The average Bonchev–Trinajstić information content (AvgIpc) is 3.17. The fraction of sp³-hybridized carbons (Fsp3) is 0.176. The molecule has 0 bridgehead atoms. The van der Waals surface area contributed by atoms with Crippen molar-refractivity contribution in [2.45, 2.75) is 12.3 Å². The van der Waals surface area contributed by atoms with Crippen LogP contribution in [0.2, 0.25) is 0 Å². The zero-order valence-electron chi connectivity index (χ0n) is 13.4. The summed E-state index contributed by atoms with van der Waals surface area (Å²) in [5.74, 6) is 0.984. The molecule has 0 aliphatic rings. The molecule has 1 unspecified atom stereocenters. The Hall–Kier alpha value is -2.19. The number of amides is 1. The maximum absolute atomic E-state index is 12.3. The third-order valence-corrected chi connectivity index (χ3v) is 4.51. The van der Waals surface area contributed by atoms with Gasteiger partial charge in [0.25, 0.3) is 5.91 Å². The molecule has 0 saturated carbocycles. The number of halogens is 1. The number of furan rings is 1. The average molecular weight is 422 g/mol. The van der Waals surface area contributed by atoms with Gasteiger partial charge in [0.2, 0.25) is 0 Å². The van der Waals surface area contributed by atoms with E-state index in [9.17, 15) is 9.00 Å². The van der Waals surface area contributed by atoms with Crippen LogP contribution in [0.3, 0.4) is 0 Å². The third-order valence-electron chi connectivity index (χ3n) is 3.36. The number of nitrogens with zero attached hydrogens (tertiary/aromatic N) is 2. The fourth-order valence-corrected chi connectivity index (χ4v) is 3.31. The van der Waals surface area contributed by atoms with Crippen LogP contribution in [0.5, 0.6) is 0 Å². The van der Waals surface area contributed by atoms with Crippen LogP contribution in [0.1, 0.15) is 21.9 Å². The molecule has 0 fully saturated rings. The molecule has 0 aliphatic carbocycles. The van der Waals surface area contributed by atoms with E-state index in [0.717, 1.165) is 10.0 Å². The SMILES string of the molecule is CS(=O)Cc1cccc(NC(=O)c2ccc(Cn3cc(Br)cn3)o2)c1. The lowest BCUT2D eigenvalue weighted by Crippen LogP contribution is -2.11. The van der Waals surface area contributed by atoms with Crippen LogP contribution in [-0.2, 0) is 23.1 Å². The minimum atomic E-state index is -0.931. The van der Waals surface area contributed by atoms with Gasteiger partial charge in [0.05, 0.1) is 17.2 Å². The fourth-order valence-electron chi connectivity index (χ4n) is 2.34. The minimum absolute atomic E-state index is 0.227. The van der Waals surface area contributed by atoms with Crippen molar-refractivity contribution in [2.75, 3.05) is 11.6 Å². The van der Waals surface area contributed by atoms with Crippen LogP contribution in [0.4, 0.5) is 5.69 Å². The second kappa shape index (κ2) is 7.79. The number of benzene rings is 1. The summed E-state index contributed by atoms with van der Waals surface area (Å²) in [6.45, 7) is 0.441. The standard InChI is InChI=1S/C17H16BrN3O3S/c1-25(23)11-12-3-2-4-14(7-12)20-17(22)16-6-5-15(24-16)10-21-9-13(18)8-19-21/h2-9H,10-11H2,1H3,(H,20,22). The Bertz CT molecular complexity index is 919.